The quantitative estimate of drug-likeness (QED) is 0.866. The molecule has 0 saturated heterocycles. The highest BCUT2D eigenvalue weighted by molar-refractivity contribution is 7.90. The van der Waals surface area contributed by atoms with Gasteiger partial charge >= 0.3 is 0 Å². The minimum Gasteiger partial charge on any atom is -0.495 e. The number of halogens is 1. The summed E-state index contributed by atoms with van der Waals surface area (Å²) in [6.07, 6.45) is 1.39. The van der Waals surface area contributed by atoms with Gasteiger partial charge in [-0.25, -0.2) is 12.8 Å². The highest BCUT2D eigenvalue weighted by atomic mass is 32.2. The van der Waals surface area contributed by atoms with Crippen LogP contribution >= 0.6 is 0 Å². The van der Waals surface area contributed by atoms with Crippen molar-refractivity contribution in [3.63, 3.8) is 0 Å². The van der Waals surface area contributed by atoms with Gasteiger partial charge in [-0.05, 0) is 36.2 Å². The molecule has 5 nitrogen and oxygen atoms in total. The average Bonchev–Trinajstić information content (AvgIpc) is 2.55. The molecule has 2 aromatic carbocycles. The fourth-order valence-electron chi connectivity index (χ4n) is 2.22. The monoisotopic (exact) mass is 351 g/mol. The third kappa shape index (κ3) is 4.32. The number of benzene rings is 2. The number of ether oxygens (including phenoxy) is 1. The highest BCUT2D eigenvalue weighted by Crippen LogP contribution is 2.24. The minimum atomic E-state index is -3.53. The molecule has 7 heteroatoms. The Morgan fingerprint density at radius 2 is 1.92 bits per heavy atom. The molecule has 0 radical (unpaired) electrons. The Bertz CT molecular complexity index is 849. The molecule has 0 aromatic heterocycles. The Morgan fingerprint density at radius 1 is 1.21 bits per heavy atom. The van der Waals surface area contributed by atoms with Gasteiger partial charge in [-0.1, -0.05) is 18.2 Å². The van der Waals surface area contributed by atoms with Gasteiger partial charge in [-0.3, -0.25) is 4.79 Å². The number of methoxy groups -OCH3 is 1. The van der Waals surface area contributed by atoms with Crippen molar-refractivity contribution in [2.24, 2.45) is 0 Å². The molecule has 2 aromatic rings. The zero-order chi connectivity index (χ0) is 17.7. The van der Waals surface area contributed by atoms with Gasteiger partial charge < -0.3 is 10.1 Å². The Balaban J connectivity index is 2.09. The van der Waals surface area contributed by atoms with Gasteiger partial charge in [0.2, 0.25) is 0 Å². The van der Waals surface area contributed by atoms with E-state index in [0.717, 1.165) is 6.26 Å². The smallest absolute Gasteiger partial charge is 0.251 e. The van der Waals surface area contributed by atoms with E-state index in [4.69, 9.17) is 4.74 Å². The first-order valence-corrected chi connectivity index (χ1v) is 9.12. The van der Waals surface area contributed by atoms with Crippen LogP contribution in [0, 0.1) is 5.82 Å². The maximum atomic E-state index is 13.5. The second-order valence-electron chi connectivity index (χ2n) is 5.24. The Labute approximate surface area is 140 Å². The van der Waals surface area contributed by atoms with Crippen LogP contribution in [-0.4, -0.2) is 34.2 Å². The molecule has 0 spiro atoms. The Hall–Kier alpha value is -2.41. The summed E-state index contributed by atoms with van der Waals surface area (Å²) in [5, 5.41) is 2.65. The zero-order valence-corrected chi connectivity index (χ0v) is 14.2. The number of rotatable bonds is 6. The normalized spacial score (nSPS) is 11.1. The van der Waals surface area contributed by atoms with Crippen molar-refractivity contribution in [1.82, 2.24) is 5.32 Å². The lowest BCUT2D eigenvalue weighted by molar-refractivity contribution is 0.0953. The van der Waals surface area contributed by atoms with Gasteiger partial charge in [0, 0.05) is 18.4 Å². The first kappa shape index (κ1) is 17.9. The molecule has 0 bridgehead atoms. The predicted molar refractivity (Wildman–Crippen MR) is 88.5 cm³/mol. The first-order valence-electron chi connectivity index (χ1n) is 7.22. The Morgan fingerprint density at radius 3 is 2.54 bits per heavy atom. The highest BCUT2D eigenvalue weighted by Gasteiger charge is 2.17. The van der Waals surface area contributed by atoms with Crippen LogP contribution in [0.1, 0.15) is 15.9 Å². The molecule has 0 aliphatic carbocycles. The third-order valence-electron chi connectivity index (χ3n) is 3.46. The molecule has 0 heterocycles. The largest absolute Gasteiger partial charge is 0.495 e. The summed E-state index contributed by atoms with van der Waals surface area (Å²) < 4.78 is 42.1. The van der Waals surface area contributed by atoms with E-state index in [0.29, 0.717) is 12.0 Å². The van der Waals surface area contributed by atoms with Crippen molar-refractivity contribution in [1.29, 1.82) is 0 Å². The van der Waals surface area contributed by atoms with E-state index in [1.54, 1.807) is 18.2 Å². The van der Waals surface area contributed by atoms with Gasteiger partial charge in [0.15, 0.2) is 9.84 Å². The predicted octanol–water partition coefficient (Wildman–Crippen LogP) is 2.21. The number of hydrogen-bond acceptors (Lipinski definition) is 4. The van der Waals surface area contributed by atoms with Crippen LogP contribution in [0.3, 0.4) is 0 Å². The van der Waals surface area contributed by atoms with Crippen molar-refractivity contribution >= 4 is 15.7 Å². The summed E-state index contributed by atoms with van der Waals surface area (Å²) in [7, 11) is -2.17. The van der Waals surface area contributed by atoms with Crippen LogP contribution in [0.4, 0.5) is 4.39 Å². The zero-order valence-electron chi connectivity index (χ0n) is 13.4. The van der Waals surface area contributed by atoms with E-state index in [9.17, 15) is 17.6 Å². The summed E-state index contributed by atoms with van der Waals surface area (Å²) >= 11 is 0. The van der Waals surface area contributed by atoms with Gasteiger partial charge in [-0.15, -0.1) is 0 Å². The van der Waals surface area contributed by atoms with Gasteiger partial charge in [0.05, 0.1) is 7.11 Å². The standard InChI is InChI=1S/C17H18FNO4S/c1-23-15-8-7-13(11-16(15)24(2,21)22)17(20)19-10-9-12-5-3-4-6-14(12)18/h3-8,11H,9-10H2,1-2H3,(H,19,20). The van der Waals surface area contributed by atoms with E-state index in [2.05, 4.69) is 5.32 Å². The molecule has 1 amide bonds. The van der Waals surface area contributed by atoms with Gasteiger partial charge in [0.25, 0.3) is 5.91 Å². The lowest BCUT2D eigenvalue weighted by Gasteiger charge is -2.10. The molecule has 0 unspecified atom stereocenters. The fourth-order valence-corrected chi connectivity index (χ4v) is 3.08. The van der Waals surface area contributed by atoms with Gasteiger partial charge in [-0.2, -0.15) is 0 Å². The van der Waals surface area contributed by atoms with Crippen LogP contribution in [0.25, 0.3) is 0 Å². The molecule has 128 valence electrons. The topological polar surface area (TPSA) is 72.5 Å². The second kappa shape index (κ2) is 7.44. The van der Waals surface area contributed by atoms with Crippen LogP contribution in [0.2, 0.25) is 0 Å². The number of carbonyl (C=O) groups excluding carboxylic acids is 1. The molecule has 0 saturated carbocycles. The lowest BCUT2D eigenvalue weighted by Crippen LogP contribution is -2.26. The van der Waals surface area contributed by atoms with Crippen LogP contribution in [-0.2, 0) is 16.3 Å². The van der Waals surface area contributed by atoms with Crippen LogP contribution in [0.15, 0.2) is 47.4 Å². The molecule has 0 atom stereocenters. The number of hydrogen-bond donors (Lipinski definition) is 1. The lowest BCUT2D eigenvalue weighted by atomic mass is 10.1. The van der Waals surface area contributed by atoms with E-state index >= 15 is 0 Å². The van der Waals surface area contributed by atoms with Crippen LogP contribution in [0.5, 0.6) is 5.75 Å². The van der Waals surface area contributed by atoms with Crippen molar-refractivity contribution in [2.45, 2.75) is 11.3 Å². The summed E-state index contributed by atoms with van der Waals surface area (Å²) in [5.41, 5.74) is 0.703. The van der Waals surface area contributed by atoms with E-state index in [-0.39, 0.29) is 28.6 Å². The number of nitrogens with one attached hydrogen (secondary N) is 1. The fraction of sp³-hybridized carbons (Fsp3) is 0.235. The maximum Gasteiger partial charge on any atom is 0.251 e. The average molecular weight is 351 g/mol. The molecule has 0 aliphatic rings. The maximum absolute atomic E-state index is 13.5. The second-order valence-corrected chi connectivity index (χ2v) is 7.22. The third-order valence-corrected chi connectivity index (χ3v) is 4.58. The van der Waals surface area contributed by atoms with E-state index < -0.39 is 15.7 Å². The van der Waals surface area contributed by atoms with E-state index in [1.807, 2.05) is 0 Å². The molecular formula is C17H18FNO4S. The van der Waals surface area contributed by atoms with Crippen LogP contribution < -0.4 is 10.1 Å². The van der Waals surface area contributed by atoms with Crippen molar-refractivity contribution in [3.05, 3.63) is 59.4 Å². The first-order chi connectivity index (χ1) is 11.3. The summed E-state index contributed by atoms with van der Waals surface area (Å²) in [5.74, 6) is -0.574. The molecule has 2 rings (SSSR count). The SMILES string of the molecule is COc1ccc(C(=O)NCCc2ccccc2F)cc1S(C)(=O)=O. The van der Waals surface area contributed by atoms with Crippen molar-refractivity contribution in [3.8, 4) is 5.75 Å². The molecule has 24 heavy (non-hydrogen) atoms. The molecule has 1 N–H and O–H groups in total. The number of sulfone groups is 1. The summed E-state index contributed by atoms with van der Waals surface area (Å²) in [6.45, 7) is 0.236. The molecule has 0 fully saturated rings. The number of carbonyl (C=O) groups is 1. The summed E-state index contributed by atoms with van der Waals surface area (Å²) in [6, 6.07) is 10.5. The van der Waals surface area contributed by atoms with Crippen molar-refractivity contribution in [2.75, 3.05) is 19.9 Å². The Kier molecular flexibility index (Phi) is 5.56. The number of amides is 1. The van der Waals surface area contributed by atoms with Gasteiger partial charge in [0.1, 0.15) is 16.5 Å². The molecule has 0 aliphatic heterocycles. The van der Waals surface area contributed by atoms with E-state index in [1.165, 1.54) is 31.4 Å². The summed E-state index contributed by atoms with van der Waals surface area (Å²) in [4.78, 5) is 12.1. The van der Waals surface area contributed by atoms with Crippen molar-refractivity contribution < 1.29 is 22.3 Å². The minimum absolute atomic E-state index is 0.0493. The molecular weight excluding hydrogens is 333 g/mol.